The maximum absolute atomic E-state index is 12.0. The van der Waals surface area contributed by atoms with Gasteiger partial charge in [0.25, 0.3) is 0 Å². The van der Waals surface area contributed by atoms with E-state index in [1.54, 1.807) is 5.38 Å². The summed E-state index contributed by atoms with van der Waals surface area (Å²) in [5.74, 6) is 0. The number of sulfonamides is 1. The first-order valence-electron chi connectivity index (χ1n) is 5.34. The first-order valence-corrected chi connectivity index (χ1v) is 7.70. The van der Waals surface area contributed by atoms with Crippen molar-refractivity contribution in [2.75, 3.05) is 0 Å². The summed E-state index contributed by atoms with van der Waals surface area (Å²) >= 11 is 1.23. The first-order chi connectivity index (χ1) is 8.63. The minimum absolute atomic E-state index is 0.158. The van der Waals surface area contributed by atoms with Crippen molar-refractivity contribution in [3.63, 3.8) is 0 Å². The summed E-state index contributed by atoms with van der Waals surface area (Å²) in [5.41, 5.74) is 0.891. The van der Waals surface area contributed by atoms with Gasteiger partial charge >= 0.3 is 0 Å². The minimum Gasteiger partial charge on any atom is -0.391 e. The number of thiophene rings is 1. The number of nitrogens with one attached hydrogen (secondary N) is 1. The second kappa shape index (κ2) is 5.62. The average molecular weight is 283 g/mol. The molecule has 0 bridgehead atoms. The van der Waals surface area contributed by atoms with Crippen molar-refractivity contribution in [3.05, 3.63) is 52.2 Å². The molecular formula is C12H13NO3S2. The highest BCUT2D eigenvalue weighted by Crippen LogP contribution is 2.21. The first kappa shape index (κ1) is 13.2. The molecule has 6 heteroatoms. The summed E-state index contributed by atoms with van der Waals surface area (Å²) < 4.78 is 26.6. The van der Waals surface area contributed by atoms with Crippen molar-refractivity contribution in [2.24, 2.45) is 0 Å². The molecule has 0 radical (unpaired) electrons. The van der Waals surface area contributed by atoms with Crippen LogP contribution in [0.15, 0.2) is 46.7 Å². The van der Waals surface area contributed by atoms with Gasteiger partial charge in [0, 0.05) is 11.4 Å². The molecule has 0 aliphatic rings. The number of aliphatic hydroxyl groups is 1. The van der Waals surface area contributed by atoms with Gasteiger partial charge in [-0.25, -0.2) is 13.1 Å². The molecule has 2 N–H and O–H groups in total. The number of benzene rings is 1. The third kappa shape index (κ3) is 2.97. The Morgan fingerprint density at radius 2 is 1.89 bits per heavy atom. The molecule has 0 fully saturated rings. The van der Waals surface area contributed by atoms with Crippen LogP contribution < -0.4 is 4.72 Å². The lowest BCUT2D eigenvalue weighted by molar-refractivity contribution is 0.282. The van der Waals surface area contributed by atoms with E-state index >= 15 is 0 Å². The van der Waals surface area contributed by atoms with Crippen molar-refractivity contribution >= 4 is 21.4 Å². The molecule has 0 aliphatic heterocycles. The zero-order valence-corrected chi connectivity index (χ0v) is 11.2. The number of hydrogen-bond donors (Lipinski definition) is 2. The van der Waals surface area contributed by atoms with E-state index in [2.05, 4.69) is 4.72 Å². The van der Waals surface area contributed by atoms with Crippen molar-refractivity contribution < 1.29 is 13.5 Å². The summed E-state index contributed by atoms with van der Waals surface area (Å²) in [4.78, 5) is 0.612. The zero-order chi connectivity index (χ0) is 13.0. The van der Waals surface area contributed by atoms with Crippen molar-refractivity contribution in [3.8, 4) is 0 Å². The Morgan fingerprint density at radius 1 is 1.17 bits per heavy atom. The SMILES string of the molecule is O=S(=O)(NCc1ccccc1)c1ccsc1CO. The van der Waals surface area contributed by atoms with Gasteiger partial charge in [0.05, 0.1) is 11.5 Å². The van der Waals surface area contributed by atoms with Crippen LogP contribution in [0.2, 0.25) is 0 Å². The summed E-state index contributed by atoms with van der Waals surface area (Å²) in [5, 5.41) is 10.7. The van der Waals surface area contributed by atoms with Gasteiger partial charge in [-0.3, -0.25) is 0 Å². The number of aliphatic hydroxyl groups excluding tert-OH is 1. The third-order valence-corrected chi connectivity index (χ3v) is 4.97. The Morgan fingerprint density at radius 3 is 2.56 bits per heavy atom. The van der Waals surface area contributed by atoms with E-state index < -0.39 is 10.0 Å². The lowest BCUT2D eigenvalue weighted by Gasteiger charge is -2.06. The molecule has 1 aromatic carbocycles. The van der Waals surface area contributed by atoms with Crippen LogP contribution >= 0.6 is 11.3 Å². The van der Waals surface area contributed by atoms with Crippen LogP contribution in [0.25, 0.3) is 0 Å². The second-order valence-corrected chi connectivity index (χ2v) is 6.41. The highest BCUT2D eigenvalue weighted by atomic mass is 32.2. The van der Waals surface area contributed by atoms with Gasteiger partial charge < -0.3 is 5.11 Å². The Hall–Kier alpha value is -1.21. The van der Waals surface area contributed by atoms with Gasteiger partial charge in [0.2, 0.25) is 10.0 Å². The Labute approximate surface area is 110 Å². The van der Waals surface area contributed by atoms with Crippen LogP contribution in [0.4, 0.5) is 0 Å². The molecule has 0 atom stereocenters. The lowest BCUT2D eigenvalue weighted by Crippen LogP contribution is -2.23. The van der Waals surface area contributed by atoms with E-state index in [1.807, 2.05) is 30.3 Å². The molecule has 0 spiro atoms. The van der Waals surface area contributed by atoms with Crippen LogP contribution in [-0.4, -0.2) is 13.5 Å². The molecule has 0 aliphatic carbocycles. The molecular weight excluding hydrogens is 270 g/mol. The normalized spacial score (nSPS) is 11.6. The van der Waals surface area contributed by atoms with Crippen LogP contribution in [0.3, 0.4) is 0 Å². The smallest absolute Gasteiger partial charge is 0.242 e. The van der Waals surface area contributed by atoms with Gasteiger partial charge in [-0.1, -0.05) is 30.3 Å². The Balaban J connectivity index is 2.13. The molecule has 1 aromatic heterocycles. The molecule has 0 saturated heterocycles. The fourth-order valence-electron chi connectivity index (χ4n) is 1.54. The topological polar surface area (TPSA) is 66.4 Å². The molecule has 1 heterocycles. The monoisotopic (exact) mass is 283 g/mol. The molecule has 96 valence electrons. The maximum Gasteiger partial charge on any atom is 0.242 e. The summed E-state index contributed by atoms with van der Waals surface area (Å²) in [7, 11) is -3.56. The van der Waals surface area contributed by atoms with Gasteiger partial charge in [0.15, 0.2) is 0 Å². The highest BCUT2D eigenvalue weighted by Gasteiger charge is 2.18. The van der Waals surface area contributed by atoms with Gasteiger partial charge in [-0.05, 0) is 17.0 Å². The lowest BCUT2D eigenvalue weighted by atomic mass is 10.2. The van der Waals surface area contributed by atoms with Crippen LogP contribution in [0.1, 0.15) is 10.4 Å². The molecule has 18 heavy (non-hydrogen) atoms. The maximum atomic E-state index is 12.0. The van der Waals surface area contributed by atoms with E-state index in [0.29, 0.717) is 4.88 Å². The van der Waals surface area contributed by atoms with Gasteiger partial charge in [0.1, 0.15) is 0 Å². The fraction of sp³-hybridized carbons (Fsp3) is 0.167. The predicted molar refractivity (Wildman–Crippen MR) is 70.7 cm³/mol. The largest absolute Gasteiger partial charge is 0.391 e. The van der Waals surface area contributed by atoms with Crippen molar-refractivity contribution in [1.29, 1.82) is 0 Å². The standard InChI is InChI=1S/C12H13NO3S2/c14-9-11-12(6-7-17-11)18(15,16)13-8-10-4-2-1-3-5-10/h1-7,13-14H,8-9H2. The summed E-state index contributed by atoms with van der Waals surface area (Å²) in [6.07, 6.45) is 0. The predicted octanol–water partition coefficient (Wildman–Crippen LogP) is 1.72. The van der Waals surface area contributed by atoms with Gasteiger partial charge in [-0.2, -0.15) is 0 Å². The molecule has 0 saturated carbocycles. The zero-order valence-electron chi connectivity index (χ0n) is 9.54. The second-order valence-electron chi connectivity index (χ2n) is 3.68. The third-order valence-electron chi connectivity index (χ3n) is 2.45. The number of hydrogen-bond acceptors (Lipinski definition) is 4. The molecule has 4 nitrogen and oxygen atoms in total. The summed E-state index contributed by atoms with van der Waals surface area (Å²) in [6.45, 7) is -0.0247. The van der Waals surface area contributed by atoms with E-state index in [9.17, 15) is 8.42 Å². The Bertz CT molecular complexity index is 605. The quantitative estimate of drug-likeness (QED) is 0.878. The number of rotatable bonds is 5. The van der Waals surface area contributed by atoms with Crippen molar-refractivity contribution in [2.45, 2.75) is 18.0 Å². The van der Waals surface area contributed by atoms with Crippen LogP contribution in [0.5, 0.6) is 0 Å². The highest BCUT2D eigenvalue weighted by molar-refractivity contribution is 7.89. The molecule has 0 unspecified atom stereocenters. The van der Waals surface area contributed by atoms with Crippen LogP contribution in [0, 0.1) is 0 Å². The molecule has 2 aromatic rings. The van der Waals surface area contributed by atoms with Crippen LogP contribution in [-0.2, 0) is 23.2 Å². The fourth-order valence-corrected chi connectivity index (χ4v) is 3.85. The molecule has 0 amide bonds. The van der Waals surface area contributed by atoms with E-state index in [1.165, 1.54) is 17.4 Å². The van der Waals surface area contributed by atoms with E-state index in [-0.39, 0.29) is 18.0 Å². The average Bonchev–Trinajstić information content (AvgIpc) is 2.87. The van der Waals surface area contributed by atoms with Crippen molar-refractivity contribution in [1.82, 2.24) is 4.72 Å². The minimum atomic E-state index is -3.56. The molecule has 2 rings (SSSR count). The Kier molecular flexibility index (Phi) is 4.13. The van der Waals surface area contributed by atoms with Gasteiger partial charge in [-0.15, -0.1) is 11.3 Å². The summed E-state index contributed by atoms with van der Waals surface area (Å²) in [6, 6.07) is 10.8. The van der Waals surface area contributed by atoms with E-state index in [4.69, 9.17) is 5.11 Å². The van der Waals surface area contributed by atoms with E-state index in [0.717, 1.165) is 5.56 Å².